The van der Waals surface area contributed by atoms with Gasteiger partial charge in [0, 0.05) is 0 Å². The van der Waals surface area contributed by atoms with Gasteiger partial charge in [0.1, 0.15) is 17.3 Å². The SMILES string of the molecule is [O-][S+](CCCCCOc1ccc(C2=C(c3ccccc3)CCCc3cc(O)ccc32)cc1)c1ccc(C(F)(F)F)cc1. The van der Waals surface area contributed by atoms with Crippen molar-refractivity contribution in [2.24, 2.45) is 0 Å². The van der Waals surface area contributed by atoms with E-state index in [0.29, 0.717) is 23.7 Å². The van der Waals surface area contributed by atoms with Crippen LogP contribution < -0.4 is 4.74 Å². The highest BCUT2D eigenvalue weighted by atomic mass is 32.2. The number of hydrogen-bond donors (Lipinski definition) is 1. The molecule has 1 atom stereocenters. The minimum atomic E-state index is -4.39. The number of phenols is 1. The number of allylic oxidation sites excluding steroid dienone is 1. The van der Waals surface area contributed by atoms with Crippen LogP contribution in [0.25, 0.3) is 11.1 Å². The number of ether oxygens (including phenoxy) is 1. The van der Waals surface area contributed by atoms with Crippen molar-refractivity contribution in [2.45, 2.75) is 49.6 Å². The lowest BCUT2D eigenvalue weighted by Crippen LogP contribution is -2.09. The van der Waals surface area contributed by atoms with Gasteiger partial charge in [0.25, 0.3) is 0 Å². The number of fused-ring (bicyclic) bond motifs is 1. The fraction of sp³-hybridized carbons (Fsp3) is 0.257. The Morgan fingerprint density at radius 2 is 1.52 bits per heavy atom. The van der Waals surface area contributed by atoms with Crippen LogP contribution in [-0.2, 0) is 23.8 Å². The smallest absolute Gasteiger partial charge is 0.416 e. The van der Waals surface area contributed by atoms with Crippen LogP contribution in [0.15, 0.2) is 102 Å². The number of unbranched alkanes of at least 4 members (excludes halogenated alkanes) is 2. The third kappa shape index (κ3) is 7.39. The topological polar surface area (TPSA) is 52.5 Å². The zero-order valence-electron chi connectivity index (χ0n) is 23.2. The van der Waals surface area contributed by atoms with Gasteiger partial charge in [-0.3, -0.25) is 0 Å². The number of halogens is 3. The van der Waals surface area contributed by atoms with E-state index in [0.717, 1.165) is 66.7 Å². The normalized spacial score (nSPS) is 14.3. The fourth-order valence-electron chi connectivity index (χ4n) is 5.37. The highest BCUT2D eigenvalue weighted by molar-refractivity contribution is 7.91. The van der Waals surface area contributed by atoms with E-state index in [1.54, 1.807) is 6.07 Å². The van der Waals surface area contributed by atoms with Crippen LogP contribution in [0.1, 0.15) is 59.9 Å². The van der Waals surface area contributed by atoms with Crippen LogP contribution in [0.4, 0.5) is 13.2 Å². The molecule has 3 nitrogen and oxygen atoms in total. The molecule has 0 spiro atoms. The van der Waals surface area contributed by atoms with E-state index in [1.807, 2.05) is 30.3 Å². The molecule has 0 saturated carbocycles. The summed E-state index contributed by atoms with van der Waals surface area (Å²) in [5.41, 5.74) is 6.33. The lowest BCUT2D eigenvalue weighted by atomic mass is 9.88. The van der Waals surface area contributed by atoms with Gasteiger partial charge in [0.2, 0.25) is 0 Å². The van der Waals surface area contributed by atoms with Crippen molar-refractivity contribution in [3.63, 3.8) is 0 Å². The van der Waals surface area contributed by atoms with E-state index in [2.05, 4.69) is 36.4 Å². The molecule has 4 aromatic rings. The van der Waals surface area contributed by atoms with E-state index in [1.165, 1.54) is 28.8 Å². The molecular weight excluding hydrogens is 557 g/mol. The number of aromatic hydroxyl groups is 1. The fourth-order valence-corrected chi connectivity index (χ4v) is 6.51. The summed E-state index contributed by atoms with van der Waals surface area (Å²) in [4.78, 5) is 0.415. The zero-order valence-corrected chi connectivity index (χ0v) is 24.0. The second-order valence-electron chi connectivity index (χ2n) is 10.4. The first-order valence-corrected chi connectivity index (χ1v) is 15.5. The molecule has 4 aromatic carbocycles. The molecule has 1 aliphatic carbocycles. The van der Waals surface area contributed by atoms with Crippen molar-refractivity contribution in [3.8, 4) is 11.5 Å². The Hall–Kier alpha value is -3.68. The summed E-state index contributed by atoms with van der Waals surface area (Å²) >= 11 is -1.33. The van der Waals surface area contributed by atoms with Crippen molar-refractivity contribution in [3.05, 3.63) is 125 Å². The Morgan fingerprint density at radius 3 is 2.24 bits per heavy atom. The van der Waals surface area contributed by atoms with Gasteiger partial charge in [-0.1, -0.05) is 48.5 Å². The second-order valence-corrected chi connectivity index (χ2v) is 12.0. The summed E-state index contributed by atoms with van der Waals surface area (Å²) in [5.74, 6) is 1.46. The Morgan fingerprint density at radius 1 is 0.786 bits per heavy atom. The van der Waals surface area contributed by atoms with Crippen LogP contribution in [-0.4, -0.2) is 22.0 Å². The molecule has 1 unspecified atom stereocenters. The van der Waals surface area contributed by atoms with Crippen LogP contribution >= 0.6 is 0 Å². The van der Waals surface area contributed by atoms with Crippen molar-refractivity contribution in [1.29, 1.82) is 0 Å². The number of benzene rings is 4. The molecule has 0 radical (unpaired) electrons. The zero-order chi connectivity index (χ0) is 29.5. The Kier molecular flexibility index (Phi) is 9.60. The molecule has 1 aliphatic rings. The Bertz CT molecular complexity index is 1500. The predicted octanol–water partition coefficient (Wildman–Crippen LogP) is 9.06. The third-order valence-electron chi connectivity index (χ3n) is 7.49. The van der Waals surface area contributed by atoms with Crippen molar-refractivity contribution in [2.75, 3.05) is 12.4 Å². The van der Waals surface area contributed by atoms with Gasteiger partial charge in [-0.2, -0.15) is 13.2 Å². The average molecular weight is 591 g/mol. The predicted molar refractivity (Wildman–Crippen MR) is 162 cm³/mol. The van der Waals surface area contributed by atoms with Crippen molar-refractivity contribution < 1.29 is 27.6 Å². The molecule has 7 heteroatoms. The van der Waals surface area contributed by atoms with Gasteiger partial charge in [-0.25, -0.2) is 0 Å². The lowest BCUT2D eigenvalue weighted by Gasteiger charge is -2.17. The van der Waals surface area contributed by atoms with Crippen molar-refractivity contribution >= 4 is 22.3 Å². The van der Waals surface area contributed by atoms with Gasteiger partial charge in [-0.05, 0) is 132 Å². The molecule has 1 N–H and O–H groups in total. The van der Waals surface area contributed by atoms with Crippen LogP contribution in [0.5, 0.6) is 11.5 Å². The van der Waals surface area contributed by atoms with E-state index in [4.69, 9.17) is 4.74 Å². The number of aryl methyl sites for hydroxylation is 1. The maximum atomic E-state index is 12.7. The lowest BCUT2D eigenvalue weighted by molar-refractivity contribution is -0.137. The quantitative estimate of drug-likeness (QED) is 0.148. The summed E-state index contributed by atoms with van der Waals surface area (Å²) in [5, 5.41) is 10.1. The summed E-state index contributed by atoms with van der Waals surface area (Å²) in [7, 11) is 0. The molecule has 0 amide bonds. The standard InChI is InChI=1S/C35H33F3O3S/c36-35(37,38)28-14-19-31(20-15-28)42(40)23-6-2-5-22-41-30-17-12-26(13-18-30)34-32(25-8-3-1-4-9-25)11-7-10-27-24-29(39)16-21-33(27)34/h1,3-4,8-9,12-21,24,39H,2,5-7,10-11,22-23H2. The summed E-state index contributed by atoms with van der Waals surface area (Å²) < 4.78 is 56.6. The van der Waals surface area contributed by atoms with Gasteiger partial charge in [-0.15, -0.1) is 0 Å². The minimum absolute atomic E-state index is 0.283. The number of rotatable bonds is 10. The molecule has 0 aromatic heterocycles. The molecule has 0 heterocycles. The number of alkyl halides is 3. The first-order chi connectivity index (χ1) is 20.3. The molecule has 218 valence electrons. The molecule has 0 fully saturated rings. The van der Waals surface area contributed by atoms with E-state index in [-0.39, 0.29) is 5.75 Å². The van der Waals surface area contributed by atoms with Gasteiger partial charge in [0.05, 0.1) is 12.2 Å². The van der Waals surface area contributed by atoms with Crippen LogP contribution in [0, 0.1) is 0 Å². The highest BCUT2D eigenvalue weighted by Crippen LogP contribution is 2.41. The Balaban J connectivity index is 1.18. The largest absolute Gasteiger partial charge is 0.611 e. The summed E-state index contributed by atoms with van der Waals surface area (Å²) in [6.07, 6.45) is 0.742. The first-order valence-electron chi connectivity index (χ1n) is 14.2. The molecule has 0 saturated heterocycles. The third-order valence-corrected chi connectivity index (χ3v) is 8.94. The molecular formula is C35H33F3O3S. The van der Waals surface area contributed by atoms with E-state index >= 15 is 0 Å². The van der Waals surface area contributed by atoms with E-state index < -0.39 is 22.9 Å². The van der Waals surface area contributed by atoms with Crippen LogP contribution in [0.2, 0.25) is 0 Å². The van der Waals surface area contributed by atoms with Crippen molar-refractivity contribution in [1.82, 2.24) is 0 Å². The maximum Gasteiger partial charge on any atom is 0.416 e. The molecule has 5 rings (SSSR count). The maximum absolute atomic E-state index is 12.7. The number of phenolic OH excluding ortho intramolecular Hbond substituents is 1. The molecule has 0 bridgehead atoms. The molecule has 0 aliphatic heterocycles. The highest BCUT2D eigenvalue weighted by Gasteiger charge is 2.30. The van der Waals surface area contributed by atoms with Gasteiger partial charge in [0.15, 0.2) is 4.90 Å². The molecule has 42 heavy (non-hydrogen) atoms. The summed E-state index contributed by atoms with van der Waals surface area (Å²) in [6.45, 7) is 0.520. The summed E-state index contributed by atoms with van der Waals surface area (Å²) in [6, 6.07) is 28.8. The monoisotopic (exact) mass is 590 g/mol. The minimum Gasteiger partial charge on any atom is -0.611 e. The van der Waals surface area contributed by atoms with Crippen LogP contribution in [0.3, 0.4) is 0 Å². The average Bonchev–Trinajstić information content (AvgIpc) is 3.18. The van der Waals surface area contributed by atoms with Gasteiger partial charge >= 0.3 is 6.18 Å². The van der Waals surface area contributed by atoms with E-state index in [9.17, 15) is 22.8 Å². The second kappa shape index (κ2) is 13.5. The van der Waals surface area contributed by atoms with Gasteiger partial charge < -0.3 is 14.4 Å². The first kappa shape index (κ1) is 29.8. The Labute approximate surface area is 247 Å². The number of hydrogen-bond acceptors (Lipinski definition) is 3.